The minimum atomic E-state index is -0.651. The van der Waals surface area contributed by atoms with Crippen LogP contribution in [0.3, 0.4) is 0 Å². The maximum Gasteiger partial charge on any atom is 0.410 e. The summed E-state index contributed by atoms with van der Waals surface area (Å²) in [7, 11) is 0. The molecular weight excluding hydrogens is 270 g/mol. The van der Waals surface area contributed by atoms with Crippen molar-refractivity contribution in [2.45, 2.75) is 64.9 Å². The van der Waals surface area contributed by atoms with Crippen molar-refractivity contribution in [2.24, 2.45) is 11.3 Å². The molecule has 0 radical (unpaired) electrons. The van der Waals surface area contributed by atoms with E-state index in [2.05, 4.69) is 0 Å². The Bertz CT molecular complexity index is 409. The van der Waals surface area contributed by atoms with Crippen LogP contribution in [0.25, 0.3) is 0 Å². The number of carboxylic acids is 1. The average molecular weight is 297 g/mol. The fourth-order valence-electron chi connectivity index (χ4n) is 3.00. The predicted molar refractivity (Wildman–Crippen MR) is 79.1 cm³/mol. The number of amides is 1. The Morgan fingerprint density at radius 3 is 2.52 bits per heavy atom. The van der Waals surface area contributed by atoms with E-state index in [1.165, 1.54) is 0 Å². The Kier molecular flexibility index (Phi) is 4.49. The second-order valence-electron chi connectivity index (χ2n) is 7.56. The lowest BCUT2D eigenvalue weighted by atomic mass is 9.88. The monoisotopic (exact) mass is 297 g/mol. The maximum absolute atomic E-state index is 12.1. The number of piperidine rings is 1. The van der Waals surface area contributed by atoms with Crippen molar-refractivity contribution in [2.75, 3.05) is 13.1 Å². The Labute approximate surface area is 126 Å². The first-order valence-corrected chi connectivity index (χ1v) is 7.93. The van der Waals surface area contributed by atoms with Crippen LogP contribution in [-0.2, 0) is 9.53 Å². The normalized spacial score (nSPS) is 24.5. The largest absolute Gasteiger partial charge is 0.481 e. The van der Waals surface area contributed by atoms with E-state index < -0.39 is 17.0 Å². The fraction of sp³-hybridized carbons (Fsp3) is 0.875. The van der Waals surface area contributed by atoms with Crippen LogP contribution in [0, 0.1) is 11.3 Å². The first-order valence-electron chi connectivity index (χ1n) is 7.93. The Morgan fingerprint density at radius 1 is 1.33 bits per heavy atom. The third-order valence-electron chi connectivity index (χ3n) is 4.51. The molecule has 0 bridgehead atoms. The van der Waals surface area contributed by atoms with Gasteiger partial charge in [-0.15, -0.1) is 0 Å². The molecule has 21 heavy (non-hydrogen) atoms. The highest BCUT2D eigenvalue weighted by molar-refractivity contribution is 5.77. The number of carbonyl (C=O) groups is 2. The summed E-state index contributed by atoms with van der Waals surface area (Å²) in [4.78, 5) is 25.1. The minimum Gasteiger partial charge on any atom is -0.481 e. The minimum absolute atomic E-state index is 0.244. The molecule has 1 heterocycles. The zero-order chi connectivity index (χ0) is 15.7. The van der Waals surface area contributed by atoms with Crippen LogP contribution < -0.4 is 0 Å². The van der Waals surface area contributed by atoms with E-state index in [0.717, 1.165) is 45.1 Å². The smallest absolute Gasteiger partial charge is 0.410 e. The third-order valence-corrected chi connectivity index (χ3v) is 4.51. The molecule has 1 atom stereocenters. The topological polar surface area (TPSA) is 66.8 Å². The van der Waals surface area contributed by atoms with Gasteiger partial charge in [0.2, 0.25) is 0 Å². The maximum atomic E-state index is 12.1. The van der Waals surface area contributed by atoms with Gasteiger partial charge in [-0.2, -0.15) is 0 Å². The quantitative estimate of drug-likeness (QED) is 0.864. The SMILES string of the molecule is CC(C)(C)OC(=O)N1CCCC(CCC2(C(=O)O)CC2)C1. The summed E-state index contributed by atoms with van der Waals surface area (Å²) in [5.74, 6) is -0.245. The van der Waals surface area contributed by atoms with Crippen molar-refractivity contribution in [3.8, 4) is 0 Å². The van der Waals surface area contributed by atoms with Gasteiger partial charge in [-0.3, -0.25) is 4.79 Å². The molecule has 0 aromatic carbocycles. The number of ether oxygens (including phenoxy) is 1. The Morgan fingerprint density at radius 2 is 2.00 bits per heavy atom. The summed E-state index contributed by atoms with van der Waals surface area (Å²) in [6.45, 7) is 7.06. The number of hydrogen-bond donors (Lipinski definition) is 1. The van der Waals surface area contributed by atoms with Gasteiger partial charge in [-0.25, -0.2) is 4.79 Å². The predicted octanol–water partition coefficient (Wildman–Crippen LogP) is 3.28. The number of rotatable bonds is 4. The van der Waals surface area contributed by atoms with Crippen LogP contribution in [0.4, 0.5) is 4.79 Å². The number of aliphatic carboxylic acids is 1. The van der Waals surface area contributed by atoms with Crippen molar-refractivity contribution >= 4 is 12.1 Å². The molecule has 1 amide bonds. The molecule has 5 nitrogen and oxygen atoms in total. The second kappa shape index (κ2) is 5.85. The van der Waals surface area contributed by atoms with Gasteiger partial charge in [-0.05, 0) is 65.2 Å². The Balaban J connectivity index is 1.81. The molecule has 1 saturated heterocycles. The van der Waals surface area contributed by atoms with Gasteiger partial charge in [-0.1, -0.05) is 0 Å². The van der Waals surface area contributed by atoms with Gasteiger partial charge in [0.1, 0.15) is 5.60 Å². The molecule has 2 aliphatic rings. The van der Waals surface area contributed by atoms with Gasteiger partial charge in [0.25, 0.3) is 0 Å². The summed E-state index contributed by atoms with van der Waals surface area (Å²) in [5.41, 5.74) is -0.917. The summed E-state index contributed by atoms with van der Waals surface area (Å²) < 4.78 is 5.41. The first-order chi connectivity index (χ1) is 9.72. The van der Waals surface area contributed by atoms with Crippen molar-refractivity contribution < 1.29 is 19.4 Å². The average Bonchev–Trinajstić information content (AvgIpc) is 3.16. The van der Waals surface area contributed by atoms with Gasteiger partial charge in [0.05, 0.1) is 5.41 Å². The number of nitrogens with zero attached hydrogens (tertiary/aromatic N) is 1. The van der Waals surface area contributed by atoms with Crippen LogP contribution >= 0.6 is 0 Å². The fourth-order valence-corrected chi connectivity index (χ4v) is 3.00. The molecule has 1 aliphatic carbocycles. The van der Waals surface area contributed by atoms with E-state index >= 15 is 0 Å². The van der Waals surface area contributed by atoms with Crippen molar-refractivity contribution in [3.05, 3.63) is 0 Å². The van der Waals surface area contributed by atoms with Crippen molar-refractivity contribution in [1.29, 1.82) is 0 Å². The highest BCUT2D eigenvalue weighted by Crippen LogP contribution is 2.50. The lowest BCUT2D eigenvalue weighted by Gasteiger charge is -2.34. The van der Waals surface area contributed by atoms with Crippen molar-refractivity contribution in [3.63, 3.8) is 0 Å². The summed E-state index contributed by atoms with van der Waals surface area (Å²) >= 11 is 0. The van der Waals surface area contributed by atoms with E-state index in [9.17, 15) is 14.7 Å². The first kappa shape index (κ1) is 16.1. The van der Waals surface area contributed by atoms with Gasteiger partial charge in [0.15, 0.2) is 0 Å². The van der Waals surface area contributed by atoms with Crippen LogP contribution in [0.15, 0.2) is 0 Å². The summed E-state index contributed by atoms with van der Waals surface area (Å²) in [5, 5.41) is 9.22. The number of carboxylic acid groups (broad SMARTS) is 1. The molecule has 120 valence electrons. The summed E-state index contributed by atoms with van der Waals surface area (Å²) in [6.07, 6.45) is 5.07. The van der Waals surface area contributed by atoms with E-state index in [0.29, 0.717) is 12.5 Å². The molecule has 1 N–H and O–H groups in total. The molecule has 2 rings (SSSR count). The highest BCUT2D eigenvalue weighted by atomic mass is 16.6. The van der Waals surface area contributed by atoms with Gasteiger partial charge in [0, 0.05) is 13.1 Å². The third kappa shape index (κ3) is 4.35. The lowest BCUT2D eigenvalue weighted by Crippen LogP contribution is -2.43. The van der Waals surface area contributed by atoms with E-state index in [1.807, 2.05) is 20.8 Å². The second-order valence-corrected chi connectivity index (χ2v) is 7.56. The molecule has 1 saturated carbocycles. The van der Waals surface area contributed by atoms with Gasteiger partial charge < -0.3 is 14.7 Å². The molecule has 0 aromatic rings. The Hall–Kier alpha value is -1.26. The molecule has 1 unspecified atom stereocenters. The van der Waals surface area contributed by atoms with E-state index in [4.69, 9.17) is 4.74 Å². The van der Waals surface area contributed by atoms with Crippen LogP contribution in [0.5, 0.6) is 0 Å². The lowest BCUT2D eigenvalue weighted by molar-refractivity contribution is -0.143. The number of hydrogen-bond acceptors (Lipinski definition) is 3. The summed E-state index contributed by atoms with van der Waals surface area (Å²) in [6, 6.07) is 0. The van der Waals surface area contributed by atoms with Crippen LogP contribution in [0.1, 0.15) is 59.3 Å². The molecule has 0 spiro atoms. The molecule has 2 fully saturated rings. The van der Waals surface area contributed by atoms with Crippen LogP contribution in [-0.4, -0.2) is 40.8 Å². The molecule has 1 aliphatic heterocycles. The van der Waals surface area contributed by atoms with Crippen molar-refractivity contribution in [1.82, 2.24) is 4.90 Å². The van der Waals surface area contributed by atoms with E-state index in [-0.39, 0.29) is 6.09 Å². The van der Waals surface area contributed by atoms with E-state index in [1.54, 1.807) is 4.90 Å². The highest BCUT2D eigenvalue weighted by Gasteiger charge is 2.49. The van der Waals surface area contributed by atoms with Crippen LogP contribution in [0.2, 0.25) is 0 Å². The molecule has 0 aromatic heterocycles. The van der Waals surface area contributed by atoms with Gasteiger partial charge >= 0.3 is 12.1 Å². The molecular formula is C16H27NO4. The number of carbonyl (C=O) groups excluding carboxylic acids is 1. The standard InChI is InChI=1S/C16H27NO4/c1-15(2,3)21-14(20)17-10-4-5-12(11-17)6-7-16(8-9-16)13(18)19/h12H,4-11H2,1-3H3,(H,18,19). The number of likely N-dealkylation sites (tertiary alicyclic amines) is 1. The zero-order valence-electron chi connectivity index (χ0n) is 13.4. The zero-order valence-corrected chi connectivity index (χ0v) is 13.4. The molecule has 5 heteroatoms.